The number of nitrogens with zero attached hydrogens (tertiary/aromatic N) is 4. The summed E-state index contributed by atoms with van der Waals surface area (Å²) in [4.78, 5) is 4.33. The topological polar surface area (TPSA) is 73.2 Å². The Hall–Kier alpha value is -2.76. The van der Waals surface area contributed by atoms with Crippen molar-refractivity contribution >= 4 is 22.6 Å². The summed E-state index contributed by atoms with van der Waals surface area (Å²) in [6.07, 6.45) is 0. The summed E-state index contributed by atoms with van der Waals surface area (Å²) in [6.45, 7) is 4.72. The average Bonchev–Trinajstić information content (AvgIpc) is 3.07. The van der Waals surface area contributed by atoms with Crippen LogP contribution in [-0.4, -0.2) is 26.9 Å². The maximum Gasteiger partial charge on any atom is 0.137 e. The van der Waals surface area contributed by atoms with E-state index in [2.05, 4.69) is 54.0 Å². The second kappa shape index (κ2) is 4.87. The Balaban J connectivity index is 2.02. The van der Waals surface area contributed by atoms with Crippen molar-refractivity contribution in [1.29, 1.82) is 0 Å². The van der Waals surface area contributed by atoms with Gasteiger partial charge in [0.05, 0.1) is 11.3 Å². The minimum absolute atomic E-state index is 0.241. The Morgan fingerprint density at radius 2 is 2.04 bits per heavy atom. The number of nitrogens with two attached hydrogens (primary N) is 1. The van der Waals surface area contributed by atoms with Gasteiger partial charge in [0.15, 0.2) is 0 Å². The molecular formula is C17H20N6. The highest BCUT2D eigenvalue weighted by Crippen LogP contribution is 2.34. The highest BCUT2D eigenvalue weighted by atomic mass is 15.4. The van der Waals surface area contributed by atoms with Crippen LogP contribution in [-0.2, 0) is 7.05 Å². The molecule has 0 spiro atoms. The first kappa shape index (κ1) is 13.9. The second-order valence-corrected chi connectivity index (χ2v) is 6.14. The van der Waals surface area contributed by atoms with E-state index in [9.17, 15) is 0 Å². The Labute approximate surface area is 134 Å². The zero-order chi connectivity index (χ0) is 16.1. The fourth-order valence-corrected chi connectivity index (χ4v) is 3.19. The number of rotatable bonds is 2. The summed E-state index contributed by atoms with van der Waals surface area (Å²) in [5.74, 6) is 1.50. The lowest BCUT2D eigenvalue weighted by atomic mass is 10.1. The van der Waals surface area contributed by atoms with Crippen LogP contribution in [0.4, 0.5) is 5.82 Å². The molecule has 0 atom stereocenters. The Kier molecular flexibility index (Phi) is 2.94. The molecule has 0 bridgehead atoms. The van der Waals surface area contributed by atoms with Crippen molar-refractivity contribution in [2.24, 2.45) is 17.8 Å². The summed E-state index contributed by atoms with van der Waals surface area (Å²) in [7, 11) is 2.06. The maximum atomic E-state index is 6.19. The van der Waals surface area contributed by atoms with Crippen LogP contribution in [0.2, 0.25) is 0 Å². The predicted molar refractivity (Wildman–Crippen MR) is 93.7 cm³/mol. The molecule has 1 aliphatic rings. The molecule has 118 valence electrons. The van der Waals surface area contributed by atoms with Crippen LogP contribution < -0.4 is 11.1 Å². The fourth-order valence-electron chi connectivity index (χ4n) is 3.19. The van der Waals surface area contributed by atoms with Crippen molar-refractivity contribution in [3.63, 3.8) is 0 Å². The highest BCUT2D eigenvalue weighted by Gasteiger charge is 2.26. The molecule has 0 radical (unpaired) electrons. The van der Waals surface area contributed by atoms with Gasteiger partial charge in [-0.05, 0) is 26.0 Å². The molecule has 3 N–H and O–H groups in total. The number of hydrogen-bond donors (Lipinski definition) is 2. The van der Waals surface area contributed by atoms with Crippen LogP contribution in [0.3, 0.4) is 0 Å². The molecule has 2 aromatic heterocycles. The van der Waals surface area contributed by atoms with Gasteiger partial charge in [-0.15, -0.1) is 0 Å². The molecule has 0 fully saturated rings. The summed E-state index contributed by atoms with van der Waals surface area (Å²) in [6, 6.07) is 10.7. The molecule has 3 aromatic rings. The third-order valence-electron chi connectivity index (χ3n) is 4.35. The van der Waals surface area contributed by atoms with E-state index in [4.69, 9.17) is 10.8 Å². The van der Waals surface area contributed by atoms with Crippen molar-refractivity contribution in [3.8, 4) is 11.4 Å². The number of amidine groups is 1. The van der Waals surface area contributed by atoms with Crippen molar-refractivity contribution in [1.82, 2.24) is 14.3 Å². The minimum Gasteiger partial charge on any atom is -0.383 e. The SMILES string of the molecule is CC(C)n1nc(-c2cc3ccccc3n2C)c2c1NCN=C2N. The van der Waals surface area contributed by atoms with Crippen molar-refractivity contribution in [2.45, 2.75) is 19.9 Å². The number of aromatic nitrogens is 3. The number of aryl methyl sites for hydroxylation is 1. The van der Waals surface area contributed by atoms with Gasteiger partial charge in [0.1, 0.15) is 24.0 Å². The predicted octanol–water partition coefficient (Wildman–Crippen LogP) is 2.71. The third-order valence-corrected chi connectivity index (χ3v) is 4.35. The highest BCUT2D eigenvalue weighted by molar-refractivity contribution is 6.08. The van der Waals surface area contributed by atoms with Crippen LogP contribution in [0.25, 0.3) is 22.3 Å². The smallest absolute Gasteiger partial charge is 0.137 e. The molecule has 6 nitrogen and oxygen atoms in total. The number of benzene rings is 1. The van der Waals surface area contributed by atoms with Crippen LogP contribution in [0, 0.1) is 0 Å². The lowest BCUT2D eigenvalue weighted by Gasteiger charge is -2.16. The van der Waals surface area contributed by atoms with Gasteiger partial charge >= 0.3 is 0 Å². The van der Waals surface area contributed by atoms with Crippen LogP contribution in [0.1, 0.15) is 25.5 Å². The van der Waals surface area contributed by atoms with Gasteiger partial charge in [-0.3, -0.25) is 0 Å². The molecule has 6 heteroatoms. The first-order valence-corrected chi connectivity index (χ1v) is 7.79. The van der Waals surface area contributed by atoms with E-state index >= 15 is 0 Å². The summed E-state index contributed by atoms with van der Waals surface area (Å²) in [5.41, 5.74) is 10.2. The van der Waals surface area contributed by atoms with Crippen LogP contribution >= 0.6 is 0 Å². The molecule has 3 heterocycles. The van der Waals surface area contributed by atoms with Gasteiger partial charge < -0.3 is 15.6 Å². The van der Waals surface area contributed by atoms with E-state index in [1.165, 1.54) is 10.9 Å². The molecular weight excluding hydrogens is 288 g/mol. The number of para-hydroxylation sites is 1. The maximum absolute atomic E-state index is 6.19. The molecule has 0 aliphatic carbocycles. The Bertz CT molecular complexity index is 928. The van der Waals surface area contributed by atoms with Gasteiger partial charge in [0.25, 0.3) is 0 Å². The normalized spacial score (nSPS) is 14.0. The van der Waals surface area contributed by atoms with E-state index < -0.39 is 0 Å². The standard InChI is InChI=1S/C17H20N6/c1-10(2)23-17-14(16(18)19-9-20-17)15(21-23)13-8-11-6-4-5-7-12(11)22(13)3/h4-8,10,20H,9H2,1-3H3,(H2,18,19). The molecule has 23 heavy (non-hydrogen) atoms. The zero-order valence-corrected chi connectivity index (χ0v) is 13.5. The Morgan fingerprint density at radius 3 is 2.78 bits per heavy atom. The summed E-state index contributed by atoms with van der Waals surface area (Å²) in [5, 5.41) is 9.34. The van der Waals surface area contributed by atoms with Gasteiger partial charge in [0, 0.05) is 24.0 Å². The van der Waals surface area contributed by atoms with E-state index in [1.54, 1.807) is 0 Å². The molecule has 0 unspecified atom stereocenters. The molecule has 4 rings (SSSR count). The van der Waals surface area contributed by atoms with Crippen LogP contribution in [0.5, 0.6) is 0 Å². The quantitative estimate of drug-likeness (QED) is 0.764. The first-order valence-electron chi connectivity index (χ1n) is 7.79. The molecule has 1 aromatic carbocycles. The number of anilines is 1. The summed E-state index contributed by atoms with van der Waals surface area (Å²) < 4.78 is 4.15. The summed E-state index contributed by atoms with van der Waals surface area (Å²) >= 11 is 0. The Morgan fingerprint density at radius 1 is 1.26 bits per heavy atom. The fraction of sp³-hybridized carbons (Fsp3) is 0.294. The minimum atomic E-state index is 0.241. The van der Waals surface area contributed by atoms with Gasteiger partial charge in [-0.25, -0.2) is 9.67 Å². The van der Waals surface area contributed by atoms with Crippen molar-refractivity contribution in [2.75, 3.05) is 12.0 Å². The van der Waals surface area contributed by atoms with Gasteiger partial charge in [-0.1, -0.05) is 18.2 Å². The molecule has 1 aliphatic heterocycles. The van der Waals surface area contributed by atoms with E-state index in [0.717, 1.165) is 22.8 Å². The number of fused-ring (bicyclic) bond motifs is 2. The van der Waals surface area contributed by atoms with E-state index in [0.29, 0.717) is 12.5 Å². The second-order valence-electron chi connectivity index (χ2n) is 6.14. The first-order chi connectivity index (χ1) is 11.1. The number of nitrogens with one attached hydrogen (secondary N) is 1. The lowest BCUT2D eigenvalue weighted by Crippen LogP contribution is -2.24. The van der Waals surface area contributed by atoms with Crippen molar-refractivity contribution < 1.29 is 0 Å². The molecule has 0 saturated carbocycles. The molecule has 0 amide bonds. The monoisotopic (exact) mass is 308 g/mol. The van der Waals surface area contributed by atoms with Gasteiger partial charge in [-0.2, -0.15) is 5.10 Å². The zero-order valence-electron chi connectivity index (χ0n) is 13.5. The average molecular weight is 308 g/mol. The third kappa shape index (κ3) is 1.94. The van der Waals surface area contributed by atoms with Crippen LogP contribution in [0.15, 0.2) is 35.3 Å². The van der Waals surface area contributed by atoms with E-state index in [1.807, 2.05) is 16.8 Å². The number of aliphatic imine (C=N–C) groups is 1. The lowest BCUT2D eigenvalue weighted by molar-refractivity contribution is 0.538. The van der Waals surface area contributed by atoms with E-state index in [-0.39, 0.29) is 6.04 Å². The number of hydrogen-bond acceptors (Lipinski definition) is 4. The van der Waals surface area contributed by atoms with Gasteiger partial charge in [0.2, 0.25) is 0 Å². The largest absolute Gasteiger partial charge is 0.383 e. The van der Waals surface area contributed by atoms with Crippen molar-refractivity contribution in [3.05, 3.63) is 35.9 Å². The molecule has 0 saturated heterocycles.